The number of hydrogen-bond donors (Lipinski definition) is 1. The Morgan fingerprint density at radius 2 is 1.43 bits per heavy atom. The normalized spacial score (nSPS) is 13.1. The van der Waals surface area contributed by atoms with Gasteiger partial charge < -0.3 is 29.4 Å². The maximum atomic E-state index is 12.8. The summed E-state index contributed by atoms with van der Waals surface area (Å²) >= 11 is 0. The number of hydrogen-bond acceptors (Lipinski definition) is 10. The van der Waals surface area contributed by atoms with E-state index in [1.165, 1.54) is 12.1 Å². The number of benzene rings is 1. The third kappa shape index (κ3) is 11.5. The Hall–Kier alpha value is -3.14. The first kappa shape index (κ1) is 34.9. The van der Waals surface area contributed by atoms with Gasteiger partial charge in [0, 0.05) is 0 Å². The van der Waals surface area contributed by atoms with Crippen LogP contribution in [0.2, 0.25) is 0 Å². The maximum absolute atomic E-state index is 12.8. The highest BCUT2D eigenvalue weighted by molar-refractivity contribution is 5.81. The summed E-state index contributed by atoms with van der Waals surface area (Å²) in [6, 6.07) is 3.63. The molecule has 1 aromatic rings. The minimum Gasteiger partial charge on any atom is -0.461 e. The molecule has 0 amide bonds. The molecular formula is C30H47NO9. The van der Waals surface area contributed by atoms with Gasteiger partial charge in [0.15, 0.2) is 11.5 Å². The van der Waals surface area contributed by atoms with E-state index in [9.17, 15) is 19.2 Å². The summed E-state index contributed by atoms with van der Waals surface area (Å²) < 4.78 is 26.5. The van der Waals surface area contributed by atoms with E-state index in [0.29, 0.717) is 18.4 Å². The first-order chi connectivity index (χ1) is 18.7. The Labute approximate surface area is 238 Å². The van der Waals surface area contributed by atoms with Crippen LogP contribution in [-0.4, -0.2) is 49.4 Å². The minimum absolute atomic E-state index is 0.0595. The first-order valence-corrected chi connectivity index (χ1v) is 14.0. The SMILES string of the molecule is CCCCCOC(=O)O[C@@H](C)COC(=O)[C@@H](N)Cc1ccc(OC(=O)C(C)(C)CC)c(OC(=O)C(C)(C)CC)c1. The highest BCUT2D eigenvalue weighted by Crippen LogP contribution is 2.34. The second-order valence-electron chi connectivity index (χ2n) is 11.2. The van der Waals surface area contributed by atoms with Crippen LogP contribution in [0.4, 0.5) is 4.79 Å². The lowest BCUT2D eigenvalue weighted by Gasteiger charge is -2.23. The minimum atomic E-state index is -1.05. The highest BCUT2D eigenvalue weighted by Gasteiger charge is 2.31. The van der Waals surface area contributed by atoms with Gasteiger partial charge in [-0.2, -0.15) is 0 Å². The molecule has 1 aromatic carbocycles. The van der Waals surface area contributed by atoms with Gasteiger partial charge in [-0.1, -0.05) is 39.7 Å². The van der Waals surface area contributed by atoms with Crippen molar-refractivity contribution in [3.05, 3.63) is 23.8 Å². The van der Waals surface area contributed by atoms with Crippen molar-refractivity contribution in [2.24, 2.45) is 16.6 Å². The molecule has 0 radical (unpaired) electrons. The predicted molar refractivity (Wildman–Crippen MR) is 150 cm³/mol. The van der Waals surface area contributed by atoms with Crippen molar-refractivity contribution >= 4 is 24.1 Å². The van der Waals surface area contributed by atoms with Crippen LogP contribution in [0.25, 0.3) is 0 Å². The van der Waals surface area contributed by atoms with Gasteiger partial charge in [-0.15, -0.1) is 0 Å². The van der Waals surface area contributed by atoms with Crippen LogP contribution in [0.15, 0.2) is 18.2 Å². The zero-order valence-electron chi connectivity index (χ0n) is 25.3. The van der Waals surface area contributed by atoms with Gasteiger partial charge in [0.2, 0.25) is 0 Å². The number of esters is 3. The van der Waals surface area contributed by atoms with Crippen molar-refractivity contribution in [2.75, 3.05) is 13.2 Å². The summed E-state index contributed by atoms with van der Waals surface area (Å²) in [7, 11) is 0. The largest absolute Gasteiger partial charge is 0.508 e. The lowest BCUT2D eigenvalue weighted by Crippen LogP contribution is -2.36. The fraction of sp³-hybridized carbons (Fsp3) is 0.667. The Kier molecular flexibility index (Phi) is 14.1. The number of rotatable bonds is 16. The molecule has 0 aliphatic heterocycles. The summed E-state index contributed by atoms with van der Waals surface area (Å²) in [6.07, 6.45) is 2.32. The Bertz CT molecular complexity index is 1000. The van der Waals surface area contributed by atoms with Crippen molar-refractivity contribution in [3.63, 3.8) is 0 Å². The standard InChI is InChI=1S/C30H47NO9/c1-9-12-13-16-36-28(35)38-20(4)19-37-25(32)22(31)17-21-14-15-23(39-26(33)29(5,6)10-2)24(18-21)40-27(34)30(7,8)11-3/h14-15,18,20,22H,9-13,16-17,19,31H2,1-8H3/t20-,22-/m0/s1. The molecule has 10 heteroatoms. The van der Waals surface area contributed by atoms with Crippen LogP contribution in [0.1, 0.15) is 93.1 Å². The maximum Gasteiger partial charge on any atom is 0.508 e. The lowest BCUT2D eigenvalue weighted by molar-refractivity contribution is -0.148. The molecule has 0 spiro atoms. The second kappa shape index (κ2) is 16.2. The van der Waals surface area contributed by atoms with E-state index in [-0.39, 0.29) is 31.1 Å². The van der Waals surface area contributed by atoms with Crippen LogP contribution in [0.5, 0.6) is 11.5 Å². The number of nitrogens with two attached hydrogens (primary N) is 1. The summed E-state index contributed by atoms with van der Waals surface area (Å²) in [5, 5.41) is 0. The Balaban J connectivity index is 2.89. The topological polar surface area (TPSA) is 140 Å². The summed E-state index contributed by atoms with van der Waals surface area (Å²) in [4.78, 5) is 49.7. The van der Waals surface area contributed by atoms with Crippen LogP contribution >= 0.6 is 0 Å². The van der Waals surface area contributed by atoms with Gasteiger partial charge in [0.25, 0.3) is 0 Å². The Morgan fingerprint density at radius 1 is 0.850 bits per heavy atom. The van der Waals surface area contributed by atoms with E-state index in [0.717, 1.165) is 19.3 Å². The highest BCUT2D eigenvalue weighted by atomic mass is 16.7. The average Bonchev–Trinajstić information content (AvgIpc) is 2.90. The molecule has 40 heavy (non-hydrogen) atoms. The average molecular weight is 566 g/mol. The molecule has 0 saturated carbocycles. The molecule has 0 aromatic heterocycles. The molecule has 0 aliphatic carbocycles. The molecule has 0 saturated heterocycles. The molecule has 0 heterocycles. The van der Waals surface area contributed by atoms with E-state index >= 15 is 0 Å². The van der Waals surface area contributed by atoms with Gasteiger partial charge in [-0.3, -0.25) is 14.4 Å². The summed E-state index contributed by atoms with van der Waals surface area (Å²) in [5.74, 6) is -1.49. The fourth-order valence-electron chi connectivity index (χ4n) is 2.99. The van der Waals surface area contributed by atoms with Crippen molar-refractivity contribution in [2.45, 2.75) is 106 Å². The van der Waals surface area contributed by atoms with Gasteiger partial charge in [-0.05, 0) is 78.0 Å². The molecule has 2 N–H and O–H groups in total. The molecule has 1 rings (SSSR count). The van der Waals surface area contributed by atoms with Gasteiger partial charge in [-0.25, -0.2) is 4.79 Å². The van der Waals surface area contributed by atoms with Crippen molar-refractivity contribution in [1.29, 1.82) is 0 Å². The molecule has 226 valence electrons. The van der Waals surface area contributed by atoms with E-state index in [1.54, 1.807) is 40.7 Å². The monoisotopic (exact) mass is 565 g/mol. The number of unbranched alkanes of at least 4 members (excludes halogenated alkanes) is 2. The van der Waals surface area contributed by atoms with Crippen molar-refractivity contribution in [3.8, 4) is 11.5 Å². The zero-order chi connectivity index (χ0) is 30.5. The number of ether oxygens (including phenoxy) is 5. The molecule has 2 atom stereocenters. The van der Waals surface area contributed by atoms with Crippen LogP contribution < -0.4 is 15.2 Å². The lowest BCUT2D eigenvalue weighted by atomic mass is 9.90. The first-order valence-electron chi connectivity index (χ1n) is 14.0. The van der Waals surface area contributed by atoms with Crippen LogP contribution in [0.3, 0.4) is 0 Å². The van der Waals surface area contributed by atoms with E-state index in [2.05, 4.69) is 0 Å². The predicted octanol–water partition coefficient (Wildman–Crippen LogP) is 5.51. The molecule has 10 nitrogen and oxygen atoms in total. The van der Waals surface area contributed by atoms with Gasteiger partial charge in [0.1, 0.15) is 18.8 Å². The van der Waals surface area contributed by atoms with Crippen LogP contribution in [-0.2, 0) is 35.0 Å². The fourth-order valence-corrected chi connectivity index (χ4v) is 2.99. The molecule has 0 aliphatic rings. The van der Waals surface area contributed by atoms with E-state index in [4.69, 9.17) is 29.4 Å². The number of carbonyl (C=O) groups is 4. The van der Waals surface area contributed by atoms with Crippen molar-refractivity contribution in [1.82, 2.24) is 0 Å². The zero-order valence-corrected chi connectivity index (χ0v) is 25.3. The van der Waals surface area contributed by atoms with Gasteiger partial charge in [0.05, 0.1) is 17.4 Å². The molecular weight excluding hydrogens is 518 g/mol. The van der Waals surface area contributed by atoms with E-state index in [1.807, 2.05) is 20.8 Å². The third-order valence-electron chi connectivity index (χ3n) is 6.77. The summed E-state index contributed by atoms with van der Waals surface area (Å²) in [5.41, 5.74) is 5.13. The second-order valence-corrected chi connectivity index (χ2v) is 11.2. The smallest absolute Gasteiger partial charge is 0.461 e. The summed E-state index contributed by atoms with van der Waals surface area (Å²) in [6.45, 7) is 14.5. The van der Waals surface area contributed by atoms with E-state index < -0.39 is 47.0 Å². The van der Waals surface area contributed by atoms with Gasteiger partial charge >= 0.3 is 24.1 Å². The Morgan fingerprint density at radius 3 is 1.98 bits per heavy atom. The number of carbonyl (C=O) groups excluding carboxylic acids is 4. The quantitative estimate of drug-likeness (QED) is 0.155. The molecule has 0 fully saturated rings. The van der Waals surface area contributed by atoms with Crippen LogP contribution in [0, 0.1) is 10.8 Å². The van der Waals surface area contributed by atoms with Crippen molar-refractivity contribution < 1.29 is 42.9 Å². The molecule has 0 unspecified atom stereocenters. The third-order valence-corrected chi connectivity index (χ3v) is 6.77. The molecule has 0 bridgehead atoms.